The lowest BCUT2D eigenvalue weighted by Gasteiger charge is -2.06. The second-order valence-electron chi connectivity index (χ2n) is 4.51. The molecule has 0 aliphatic rings. The number of nitrogens with one attached hydrogen (secondary N) is 2. The van der Waals surface area contributed by atoms with E-state index >= 15 is 0 Å². The van der Waals surface area contributed by atoms with Crippen LogP contribution >= 0.6 is 23.2 Å². The van der Waals surface area contributed by atoms with E-state index in [4.69, 9.17) is 23.2 Å². The topological polar surface area (TPSA) is 70.6 Å². The predicted molar refractivity (Wildman–Crippen MR) is 91.0 cm³/mol. The van der Waals surface area contributed by atoms with Crippen molar-refractivity contribution in [1.29, 1.82) is 0 Å². The van der Waals surface area contributed by atoms with Crippen LogP contribution in [-0.2, 0) is 4.79 Å². The van der Waals surface area contributed by atoms with Crippen molar-refractivity contribution in [3.8, 4) is 0 Å². The van der Waals surface area contributed by atoms with E-state index in [2.05, 4.69) is 15.8 Å². The highest BCUT2D eigenvalue weighted by atomic mass is 35.5. The fraction of sp³-hybridized carbons (Fsp3) is 0.0625. The van der Waals surface area contributed by atoms with E-state index in [0.29, 0.717) is 5.02 Å². The van der Waals surface area contributed by atoms with Gasteiger partial charge in [-0.05, 0) is 23.8 Å². The van der Waals surface area contributed by atoms with E-state index in [1.54, 1.807) is 6.07 Å². The minimum Gasteiger partial charge on any atom is -0.343 e. The van der Waals surface area contributed by atoms with Gasteiger partial charge in [0.2, 0.25) is 0 Å². The number of carbonyl (C=O) groups is 2. The first-order valence-corrected chi connectivity index (χ1v) is 7.42. The van der Waals surface area contributed by atoms with Crippen molar-refractivity contribution in [2.45, 2.75) is 0 Å². The van der Waals surface area contributed by atoms with Gasteiger partial charge in [0.05, 0.1) is 23.3 Å². The lowest BCUT2D eigenvalue weighted by Crippen LogP contribution is -2.35. The van der Waals surface area contributed by atoms with Crippen molar-refractivity contribution in [3.63, 3.8) is 0 Å². The first-order valence-electron chi connectivity index (χ1n) is 6.66. The van der Waals surface area contributed by atoms with Gasteiger partial charge < -0.3 is 5.32 Å². The summed E-state index contributed by atoms with van der Waals surface area (Å²) in [5, 5.41) is 6.91. The smallest absolute Gasteiger partial charge is 0.259 e. The van der Waals surface area contributed by atoms with Crippen LogP contribution < -0.4 is 10.7 Å². The van der Waals surface area contributed by atoms with Crippen molar-refractivity contribution in [1.82, 2.24) is 10.7 Å². The molecule has 2 amide bonds. The molecule has 2 aromatic rings. The Bertz CT molecular complexity index is 733. The Kier molecular flexibility index (Phi) is 6.14. The molecule has 2 rings (SSSR count). The zero-order valence-electron chi connectivity index (χ0n) is 11.9. The van der Waals surface area contributed by atoms with Crippen molar-refractivity contribution in [2.75, 3.05) is 6.54 Å². The van der Waals surface area contributed by atoms with Crippen LogP contribution in [0.5, 0.6) is 0 Å². The largest absolute Gasteiger partial charge is 0.343 e. The van der Waals surface area contributed by atoms with Crippen molar-refractivity contribution in [3.05, 3.63) is 69.7 Å². The van der Waals surface area contributed by atoms with Gasteiger partial charge in [0.1, 0.15) is 0 Å². The molecule has 0 spiro atoms. The molecule has 23 heavy (non-hydrogen) atoms. The highest BCUT2D eigenvalue weighted by Gasteiger charge is 2.11. The van der Waals surface area contributed by atoms with E-state index in [9.17, 15) is 9.59 Å². The molecular formula is C16H13Cl2N3O2. The fourth-order valence-corrected chi connectivity index (χ4v) is 2.18. The molecule has 5 nitrogen and oxygen atoms in total. The SMILES string of the molecule is O=C(CNC(=O)c1ccc(Cl)cc1Cl)N/N=C\c1ccccc1. The Morgan fingerprint density at radius 2 is 1.83 bits per heavy atom. The molecule has 0 unspecified atom stereocenters. The van der Waals surface area contributed by atoms with E-state index < -0.39 is 11.8 Å². The van der Waals surface area contributed by atoms with E-state index in [1.807, 2.05) is 30.3 Å². The van der Waals surface area contributed by atoms with Crippen LogP contribution in [0.1, 0.15) is 15.9 Å². The molecule has 7 heteroatoms. The predicted octanol–water partition coefficient (Wildman–Crippen LogP) is 2.87. The fourth-order valence-electron chi connectivity index (χ4n) is 1.69. The number of carbonyl (C=O) groups excluding carboxylic acids is 2. The van der Waals surface area contributed by atoms with E-state index in [0.717, 1.165) is 5.56 Å². The second kappa shape index (κ2) is 8.31. The molecule has 0 saturated heterocycles. The summed E-state index contributed by atoms with van der Waals surface area (Å²) in [7, 11) is 0. The summed E-state index contributed by atoms with van der Waals surface area (Å²) in [5.74, 6) is -0.913. The summed E-state index contributed by atoms with van der Waals surface area (Å²) in [6.45, 7) is -0.218. The maximum absolute atomic E-state index is 11.9. The standard InChI is InChI=1S/C16H13Cl2N3O2/c17-12-6-7-13(14(18)8-12)16(23)19-10-15(22)21-20-9-11-4-2-1-3-5-11/h1-9H,10H2,(H,19,23)(H,21,22)/b20-9-. The van der Waals surface area contributed by atoms with Gasteiger partial charge in [-0.1, -0.05) is 53.5 Å². The molecule has 0 bridgehead atoms. The van der Waals surface area contributed by atoms with Gasteiger partial charge in [-0.3, -0.25) is 9.59 Å². The van der Waals surface area contributed by atoms with Crippen molar-refractivity contribution in [2.24, 2.45) is 5.10 Å². The monoisotopic (exact) mass is 349 g/mol. The van der Waals surface area contributed by atoms with Gasteiger partial charge in [0.15, 0.2) is 0 Å². The summed E-state index contributed by atoms with van der Waals surface area (Å²) in [6.07, 6.45) is 1.51. The zero-order valence-corrected chi connectivity index (χ0v) is 13.4. The highest BCUT2D eigenvalue weighted by Crippen LogP contribution is 2.20. The number of amides is 2. The van der Waals surface area contributed by atoms with Gasteiger partial charge in [0, 0.05) is 5.02 Å². The number of benzene rings is 2. The number of halogens is 2. The van der Waals surface area contributed by atoms with Crippen LogP contribution in [0.15, 0.2) is 53.6 Å². The van der Waals surface area contributed by atoms with Gasteiger partial charge in [-0.15, -0.1) is 0 Å². The molecular weight excluding hydrogens is 337 g/mol. The molecule has 0 radical (unpaired) electrons. The summed E-state index contributed by atoms with van der Waals surface area (Å²) >= 11 is 11.7. The minimum atomic E-state index is -0.464. The van der Waals surface area contributed by atoms with E-state index in [-0.39, 0.29) is 17.1 Å². The third-order valence-electron chi connectivity index (χ3n) is 2.79. The Morgan fingerprint density at radius 3 is 2.52 bits per heavy atom. The number of hydrazone groups is 1. The zero-order chi connectivity index (χ0) is 16.7. The Balaban J connectivity index is 1.82. The first-order chi connectivity index (χ1) is 11.1. The van der Waals surface area contributed by atoms with Crippen LogP contribution in [0.2, 0.25) is 10.0 Å². The third-order valence-corrected chi connectivity index (χ3v) is 3.34. The molecule has 0 aliphatic heterocycles. The molecule has 0 saturated carbocycles. The minimum absolute atomic E-state index is 0.218. The summed E-state index contributed by atoms with van der Waals surface area (Å²) in [5.41, 5.74) is 3.42. The van der Waals surface area contributed by atoms with Gasteiger partial charge >= 0.3 is 0 Å². The van der Waals surface area contributed by atoms with Crippen molar-refractivity contribution < 1.29 is 9.59 Å². The maximum Gasteiger partial charge on any atom is 0.259 e. The van der Waals surface area contributed by atoms with Crippen LogP contribution in [0.3, 0.4) is 0 Å². The van der Waals surface area contributed by atoms with Crippen LogP contribution in [0, 0.1) is 0 Å². The van der Waals surface area contributed by atoms with E-state index in [1.165, 1.54) is 18.3 Å². The number of hydrogen-bond donors (Lipinski definition) is 2. The lowest BCUT2D eigenvalue weighted by molar-refractivity contribution is -0.120. The Hall–Kier alpha value is -2.37. The van der Waals surface area contributed by atoms with Crippen molar-refractivity contribution >= 4 is 41.2 Å². The third kappa shape index (κ3) is 5.39. The summed E-state index contributed by atoms with van der Waals surface area (Å²) in [6, 6.07) is 13.8. The normalized spacial score (nSPS) is 10.5. The number of hydrogen-bond acceptors (Lipinski definition) is 3. The van der Waals surface area contributed by atoms with Crippen LogP contribution in [-0.4, -0.2) is 24.6 Å². The van der Waals surface area contributed by atoms with Gasteiger partial charge in [-0.2, -0.15) is 5.10 Å². The Morgan fingerprint density at radius 1 is 1.09 bits per heavy atom. The van der Waals surface area contributed by atoms with Crippen LogP contribution in [0.25, 0.3) is 0 Å². The molecule has 2 aromatic carbocycles. The molecule has 2 N–H and O–H groups in total. The van der Waals surface area contributed by atoms with Crippen LogP contribution in [0.4, 0.5) is 0 Å². The number of rotatable bonds is 5. The quantitative estimate of drug-likeness (QED) is 0.643. The molecule has 0 aliphatic carbocycles. The molecule has 0 heterocycles. The molecule has 118 valence electrons. The lowest BCUT2D eigenvalue weighted by atomic mass is 10.2. The van der Waals surface area contributed by atoms with Gasteiger partial charge in [-0.25, -0.2) is 5.43 Å². The molecule has 0 atom stereocenters. The highest BCUT2D eigenvalue weighted by molar-refractivity contribution is 6.36. The number of nitrogens with zero attached hydrogens (tertiary/aromatic N) is 1. The van der Waals surface area contributed by atoms with Gasteiger partial charge in [0.25, 0.3) is 11.8 Å². The average molecular weight is 350 g/mol. The summed E-state index contributed by atoms with van der Waals surface area (Å²) in [4.78, 5) is 23.5. The second-order valence-corrected chi connectivity index (χ2v) is 5.35. The Labute approximate surface area is 143 Å². The summed E-state index contributed by atoms with van der Waals surface area (Å²) < 4.78 is 0. The molecule has 0 fully saturated rings. The molecule has 0 aromatic heterocycles. The maximum atomic E-state index is 11.9. The first kappa shape index (κ1) is 17.0. The average Bonchev–Trinajstić information content (AvgIpc) is 2.53.